The summed E-state index contributed by atoms with van der Waals surface area (Å²) in [7, 11) is 0. The maximum Gasteiger partial charge on any atom is 0.262 e. The first-order valence-electron chi connectivity index (χ1n) is 8.40. The number of hydrogen-bond donors (Lipinski definition) is 1. The lowest BCUT2D eigenvalue weighted by molar-refractivity contribution is -0.118. The topological polar surface area (TPSA) is 81.7 Å². The molecule has 0 bridgehead atoms. The van der Waals surface area contributed by atoms with E-state index in [2.05, 4.69) is 5.32 Å². The molecule has 0 aliphatic rings. The van der Waals surface area contributed by atoms with Crippen LogP contribution in [0.15, 0.2) is 80.6 Å². The normalized spacial score (nSPS) is 10.8. The molecular weight excluding hydrogens is 365 g/mol. The van der Waals surface area contributed by atoms with Gasteiger partial charge < -0.3 is 18.9 Å². The summed E-state index contributed by atoms with van der Waals surface area (Å²) < 4.78 is 30.2. The molecule has 0 atom stereocenters. The van der Waals surface area contributed by atoms with Gasteiger partial charge in [0.15, 0.2) is 12.4 Å². The SMILES string of the molecule is O=C(COc1c(-c2ccco2)oc2ccccc2c1=O)Nc1ccccc1F. The number of furan rings is 1. The third-order valence-electron chi connectivity index (χ3n) is 4.00. The minimum atomic E-state index is -0.622. The quantitative estimate of drug-likeness (QED) is 0.562. The van der Waals surface area contributed by atoms with Crippen molar-refractivity contribution < 1.29 is 22.8 Å². The number of para-hydroxylation sites is 2. The number of carbonyl (C=O) groups excluding carboxylic acids is 1. The highest BCUT2D eigenvalue weighted by molar-refractivity contribution is 5.92. The van der Waals surface area contributed by atoms with E-state index in [1.165, 1.54) is 24.5 Å². The summed E-state index contributed by atoms with van der Waals surface area (Å²) >= 11 is 0. The Kier molecular flexibility index (Phi) is 4.63. The van der Waals surface area contributed by atoms with Crippen LogP contribution in [0.2, 0.25) is 0 Å². The third kappa shape index (κ3) is 3.37. The van der Waals surface area contributed by atoms with E-state index >= 15 is 0 Å². The van der Waals surface area contributed by atoms with E-state index in [4.69, 9.17) is 13.6 Å². The van der Waals surface area contributed by atoms with Gasteiger partial charge in [0.2, 0.25) is 16.9 Å². The van der Waals surface area contributed by atoms with Crippen LogP contribution >= 0.6 is 0 Å². The summed E-state index contributed by atoms with van der Waals surface area (Å²) in [6.07, 6.45) is 1.43. The molecule has 1 N–H and O–H groups in total. The first-order chi connectivity index (χ1) is 13.6. The van der Waals surface area contributed by atoms with E-state index in [0.29, 0.717) is 11.0 Å². The Bertz CT molecular complexity index is 1200. The highest BCUT2D eigenvalue weighted by Gasteiger charge is 2.20. The average molecular weight is 379 g/mol. The number of benzene rings is 2. The Morgan fingerprint density at radius 1 is 1.04 bits per heavy atom. The van der Waals surface area contributed by atoms with Crippen LogP contribution in [0, 0.1) is 5.82 Å². The molecule has 140 valence electrons. The number of amides is 1. The molecule has 2 aromatic heterocycles. The molecule has 6 nitrogen and oxygen atoms in total. The fourth-order valence-corrected chi connectivity index (χ4v) is 2.71. The molecule has 0 fully saturated rings. The van der Waals surface area contributed by atoms with Crippen molar-refractivity contribution in [2.24, 2.45) is 0 Å². The monoisotopic (exact) mass is 379 g/mol. The molecular formula is C21H14FNO5. The van der Waals surface area contributed by atoms with Crippen molar-refractivity contribution >= 4 is 22.6 Å². The van der Waals surface area contributed by atoms with Gasteiger partial charge in [-0.15, -0.1) is 0 Å². The van der Waals surface area contributed by atoms with E-state index < -0.39 is 23.8 Å². The van der Waals surface area contributed by atoms with Crippen molar-refractivity contribution in [2.75, 3.05) is 11.9 Å². The Morgan fingerprint density at radius 3 is 2.61 bits per heavy atom. The average Bonchev–Trinajstić information content (AvgIpc) is 3.23. The highest BCUT2D eigenvalue weighted by Crippen LogP contribution is 2.31. The Labute approximate surface area is 158 Å². The molecule has 1 amide bonds. The molecule has 0 unspecified atom stereocenters. The van der Waals surface area contributed by atoms with Gasteiger partial charge in [-0.2, -0.15) is 0 Å². The van der Waals surface area contributed by atoms with Crippen LogP contribution in [0.3, 0.4) is 0 Å². The second kappa shape index (κ2) is 7.40. The van der Waals surface area contributed by atoms with Crippen LogP contribution in [0.4, 0.5) is 10.1 Å². The van der Waals surface area contributed by atoms with Crippen molar-refractivity contribution in [1.29, 1.82) is 0 Å². The third-order valence-corrected chi connectivity index (χ3v) is 4.00. The summed E-state index contributed by atoms with van der Waals surface area (Å²) in [5.74, 6) is -0.988. The molecule has 2 heterocycles. The van der Waals surface area contributed by atoms with E-state index in [1.54, 1.807) is 42.5 Å². The first kappa shape index (κ1) is 17.5. The lowest BCUT2D eigenvalue weighted by Crippen LogP contribution is -2.23. The zero-order chi connectivity index (χ0) is 19.5. The van der Waals surface area contributed by atoms with Gasteiger partial charge in [0.05, 0.1) is 17.3 Å². The number of rotatable bonds is 5. The second-order valence-corrected chi connectivity index (χ2v) is 5.88. The number of hydrogen-bond acceptors (Lipinski definition) is 5. The van der Waals surface area contributed by atoms with Crippen molar-refractivity contribution in [1.82, 2.24) is 0 Å². The van der Waals surface area contributed by atoms with Crippen LogP contribution in [-0.2, 0) is 4.79 Å². The summed E-state index contributed by atoms with van der Waals surface area (Å²) in [4.78, 5) is 25.0. The molecule has 0 aliphatic heterocycles. The van der Waals surface area contributed by atoms with Crippen molar-refractivity contribution in [3.05, 3.63) is 83.0 Å². The van der Waals surface area contributed by atoms with Gasteiger partial charge in [0, 0.05) is 0 Å². The Morgan fingerprint density at radius 2 is 1.82 bits per heavy atom. The van der Waals surface area contributed by atoms with E-state index in [-0.39, 0.29) is 23.0 Å². The first-order valence-corrected chi connectivity index (χ1v) is 8.40. The van der Waals surface area contributed by atoms with Crippen molar-refractivity contribution in [3.8, 4) is 17.3 Å². The summed E-state index contributed by atoms with van der Waals surface area (Å²) in [5, 5.41) is 2.70. The maximum atomic E-state index is 13.7. The predicted octanol–water partition coefficient (Wildman–Crippen LogP) is 4.21. The molecule has 4 rings (SSSR count). The summed E-state index contributed by atoms with van der Waals surface area (Å²) in [6, 6.07) is 15.7. The van der Waals surface area contributed by atoms with Gasteiger partial charge in [0.1, 0.15) is 11.4 Å². The van der Waals surface area contributed by atoms with Crippen LogP contribution in [0.1, 0.15) is 0 Å². The molecule has 28 heavy (non-hydrogen) atoms. The van der Waals surface area contributed by atoms with Crippen molar-refractivity contribution in [3.63, 3.8) is 0 Å². The van der Waals surface area contributed by atoms with Crippen LogP contribution in [0.25, 0.3) is 22.5 Å². The van der Waals surface area contributed by atoms with Crippen LogP contribution in [0.5, 0.6) is 5.75 Å². The number of nitrogens with one attached hydrogen (secondary N) is 1. The molecule has 2 aromatic carbocycles. The van der Waals surface area contributed by atoms with Gasteiger partial charge in [-0.3, -0.25) is 9.59 Å². The maximum absolute atomic E-state index is 13.7. The van der Waals surface area contributed by atoms with Crippen LogP contribution < -0.4 is 15.5 Å². The van der Waals surface area contributed by atoms with Gasteiger partial charge in [-0.25, -0.2) is 4.39 Å². The Balaban J connectivity index is 1.65. The number of ether oxygens (including phenoxy) is 1. The minimum Gasteiger partial charge on any atom is -0.476 e. The molecule has 4 aromatic rings. The predicted molar refractivity (Wildman–Crippen MR) is 101 cm³/mol. The summed E-state index contributed by atoms with van der Waals surface area (Å²) in [5.41, 5.74) is -0.0538. The summed E-state index contributed by atoms with van der Waals surface area (Å²) in [6.45, 7) is -0.509. The molecule has 0 radical (unpaired) electrons. The van der Waals surface area contributed by atoms with Gasteiger partial charge in [-0.1, -0.05) is 24.3 Å². The van der Waals surface area contributed by atoms with E-state index in [9.17, 15) is 14.0 Å². The Hall–Kier alpha value is -3.87. The minimum absolute atomic E-state index is 0.0212. The standard InChI is InChI=1S/C21H14FNO5/c22-14-7-2-3-8-15(14)23-18(24)12-27-21-19(25)13-6-1-4-9-16(13)28-20(21)17-10-5-11-26-17/h1-11H,12H2,(H,23,24). The highest BCUT2D eigenvalue weighted by atomic mass is 19.1. The largest absolute Gasteiger partial charge is 0.476 e. The van der Waals surface area contributed by atoms with Crippen LogP contribution in [-0.4, -0.2) is 12.5 Å². The number of anilines is 1. The smallest absolute Gasteiger partial charge is 0.262 e. The second-order valence-electron chi connectivity index (χ2n) is 5.88. The zero-order valence-corrected chi connectivity index (χ0v) is 14.5. The van der Waals surface area contributed by atoms with E-state index in [1.807, 2.05) is 0 Å². The fraction of sp³-hybridized carbons (Fsp3) is 0.0476. The molecule has 7 heteroatoms. The lowest BCUT2D eigenvalue weighted by atomic mass is 10.2. The molecule has 0 saturated heterocycles. The van der Waals surface area contributed by atoms with Gasteiger partial charge in [0.25, 0.3) is 5.91 Å². The number of carbonyl (C=O) groups is 1. The van der Waals surface area contributed by atoms with Crippen molar-refractivity contribution in [2.45, 2.75) is 0 Å². The van der Waals surface area contributed by atoms with E-state index in [0.717, 1.165) is 0 Å². The molecule has 0 saturated carbocycles. The zero-order valence-electron chi connectivity index (χ0n) is 14.5. The molecule has 0 aliphatic carbocycles. The fourth-order valence-electron chi connectivity index (χ4n) is 2.71. The van der Waals surface area contributed by atoms with Gasteiger partial charge >= 0.3 is 0 Å². The number of fused-ring (bicyclic) bond motifs is 1. The number of halogens is 1. The van der Waals surface area contributed by atoms with Gasteiger partial charge in [-0.05, 0) is 36.4 Å². The lowest BCUT2D eigenvalue weighted by Gasteiger charge is -2.11. The molecule has 0 spiro atoms.